The smallest absolute Gasteiger partial charge is 0.399 e. The van der Waals surface area contributed by atoms with E-state index in [1.807, 2.05) is 0 Å². The average molecular weight is 1450 g/mol. The van der Waals surface area contributed by atoms with Crippen LogP contribution in [-0.2, 0) is 49.7 Å². The van der Waals surface area contributed by atoms with E-state index in [1.165, 1.54) is 162 Å². The molecule has 2 saturated heterocycles. The van der Waals surface area contributed by atoms with Crippen LogP contribution in [0.15, 0.2) is 237 Å². The van der Waals surface area contributed by atoms with Crippen LogP contribution in [0.2, 0.25) is 0 Å². The Kier molecular flexibility index (Phi) is 21.8. The summed E-state index contributed by atoms with van der Waals surface area (Å²) in [7, 11) is -0.939. The first kappa shape index (κ1) is 76.2. The molecule has 2 aliphatic heterocycles. The molecule has 0 radical (unpaired) electrons. The van der Waals surface area contributed by atoms with Crippen LogP contribution in [0.5, 0.6) is 0 Å². The van der Waals surface area contributed by atoms with Crippen molar-refractivity contribution >= 4 is 81.1 Å². The number of aromatic nitrogens is 1. The molecule has 9 heteroatoms. The molecule has 0 unspecified atom stereocenters. The zero-order valence-corrected chi connectivity index (χ0v) is 68.0. The number of nitrogens with zero attached hydrogens (tertiary/aromatic N) is 3. The normalized spacial score (nSPS) is 15.8. The first-order valence-electron chi connectivity index (χ1n) is 41.5. The Hall–Kier alpha value is -9.21. The van der Waals surface area contributed by atoms with Crippen LogP contribution in [0.4, 0.5) is 34.1 Å². The molecule has 3 aliphatic rings. The summed E-state index contributed by atoms with van der Waals surface area (Å²) in [6.45, 7) is 31.1. The Morgan fingerprint density at radius 2 is 0.718 bits per heavy atom. The minimum atomic E-state index is -0.473. The van der Waals surface area contributed by atoms with Gasteiger partial charge in [0.1, 0.15) is 0 Å². The fourth-order valence-electron chi connectivity index (χ4n) is 16.9. The van der Waals surface area contributed by atoms with Crippen molar-refractivity contribution in [3.8, 4) is 50.2 Å². The molecule has 0 spiro atoms. The Labute approximate surface area is 657 Å². The topological polar surface area (TPSA) is 48.3 Å². The van der Waals surface area contributed by atoms with Crippen LogP contribution in [0.1, 0.15) is 207 Å². The van der Waals surface area contributed by atoms with Gasteiger partial charge >= 0.3 is 14.2 Å². The summed E-state index contributed by atoms with van der Waals surface area (Å²) in [5.74, 6) is 0. The highest BCUT2D eigenvalue weighted by Crippen LogP contribution is 2.54. The molecule has 0 saturated carbocycles. The van der Waals surface area contributed by atoms with Gasteiger partial charge in [0, 0.05) is 56.0 Å². The number of benzene rings is 11. The monoisotopic (exact) mass is 1450 g/mol. The second-order valence-electron chi connectivity index (χ2n) is 34.2. The van der Waals surface area contributed by atoms with E-state index in [0.717, 1.165) is 90.7 Å². The van der Waals surface area contributed by atoms with Crippen molar-refractivity contribution < 1.29 is 18.6 Å². The van der Waals surface area contributed by atoms with Gasteiger partial charge in [-0.05, 0) is 293 Å². The van der Waals surface area contributed by atoms with Crippen molar-refractivity contribution in [1.82, 2.24) is 4.57 Å². The molecule has 2 fully saturated rings. The van der Waals surface area contributed by atoms with Crippen LogP contribution in [-0.4, -0.2) is 41.2 Å². The molecule has 15 rings (SSSR count). The number of anilines is 6. The summed E-state index contributed by atoms with van der Waals surface area (Å²) in [6.07, 6.45) is 18.1. The quantitative estimate of drug-likeness (QED) is 0.0360. The van der Waals surface area contributed by atoms with Gasteiger partial charge in [-0.3, -0.25) is 0 Å². The molecular weight excluding hydrogens is 1340 g/mol. The highest BCUT2D eigenvalue weighted by molar-refractivity contribution is 6.62. The van der Waals surface area contributed by atoms with Crippen molar-refractivity contribution in [3.05, 3.63) is 270 Å². The van der Waals surface area contributed by atoms with Gasteiger partial charge in [0.2, 0.25) is 0 Å². The van der Waals surface area contributed by atoms with Gasteiger partial charge < -0.3 is 33.0 Å². The van der Waals surface area contributed by atoms with Crippen LogP contribution >= 0.6 is 0 Å². The summed E-state index contributed by atoms with van der Waals surface area (Å²) in [6, 6.07) is 90.7. The molecule has 0 atom stereocenters. The van der Waals surface area contributed by atoms with Gasteiger partial charge in [-0.15, -0.1) is 0 Å². The van der Waals surface area contributed by atoms with Crippen molar-refractivity contribution in [3.63, 3.8) is 0 Å². The number of unbranched alkanes of at least 4 members (excludes halogenated alkanes) is 8. The lowest BCUT2D eigenvalue weighted by Gasteiger charge is -2.32. The van der Waals surface area contributed by atoms with E-state index in [9.17, 15) is 0 Å². The van der Waals surface area contributed by atoms with Crippen LogP contribution in [0.25, 0.3) is 72.0 Å². The lowest BCUT2D eigenvalue weighted by molar-refractivity contribution is 0.00578. The average Bonchev–Trinajstić information content (AvgIpc) is 1.54. The van der Waals surface area contributed by atoms with E-state index in [-0.39, 0.29) is 5.41 Å². The van der Waals surface area contributed by atoms with Gasteiger partial charge in [0.05, 0.1) is 33.4 Å². The van der Waals surface area contributed by atoms with E-state index in [4.69, 9.17) is 18.6 Å². The van der Waals surface area contributed by atoms with E-state index in [1.54, 1.807) is 0 Å². The zero-order valence-electron chi connectivity index (χ0n) is 68.0. The highest BCUT2D eigenvalue weighted by Gasteiger charge is 2.53. The van der Waals surface area contributed by atoms with E-state index in [0.29, 0.717) is 0 Å². The Morgan fingerprint density at radius 3 is 1.20 bits per heavy atom. The van der Waals surface area contributed by atoms with Crippen molar-refractivity contribution in [2.75, 3.05) is 9.80 Å². The maximum Gasteiger partial charge on any atom is 0.494 e. The molecule has 0 bridgehead atoms. The molecule has 0 N–H and O–H groups in total. The molecule has 1 aliphatic carbocycles. The summed E-state index contributed by atoms with van der Waals surface area (Å²) >= 11 is 0. The zero-order chi connectivity index (χ0) is 76.7. The van der Waals surface area contributed by atoms with Crippen molar-refractivity contribution in [1.29, 1.82) is 0 Å². The molecular formula is C101H113B2N3O4. The molecule has 1 aromatic heterocycles. The van der Waals surface area contributed by atoms with Gasteiger partial charge in [-0.25, -0.2) is 0 Å². The predicted molar refractivity (Wildman–Crippen MR) is 468 cm³/mol. The van der Waals surface area contributed by atoms with Crippen molar-refractivity contribution in [2.45, 2.75) is 227 Å². The largest absolute Gasteiger partial charge is 0.494 e. The third-order valence-corrected chi connectivity index (χ3v) is 25.1. The summed E-state index contributed by atoms with van der Waals surface area (Å²) < 4.78 is 29.3. The maximum atomic E-state index is 6.69. The number of fused-ring (bicyclic) bond motifs is 6. The molecule has 11 aromatic carbocycles. The lowest BCUT2D eigenvalue weighted by Crippen LogP contribution is -2.41. The highest BCUT2D eigenvalue weighted by atomic mass is 16.7. The fraction of sp³-hybridized carbons (Fsp3) is 0.347. The number of hydrogen-bond acceptors (Lipinski definition) is 6. The fourth-order valence-corrected chi connectivity index (χ4v) is 16.9. The molecule has 110 heavy (non-hydrogen) atoms. The van der Waals surface area contributed by atoms with E-state index >= 15 is 0 Å². The van der Waals surface area contributed by atoms with Crippen molar-refractivity contribution in [2.24, 2.45) is 0 Å². The van der Waals surface area contributed by atoms with E-state index in [2.05, 4.69) is 348 Å². The van der Waals surface area contributed by atoms with Gasteiger partial charge in [-0.1, -0.05) is 232 Å². The summed E-state index contributed by atoms with van der Waals surface area (Å²) in [5, 5.41) is 2.52. The Morgan fingerprint density at radius 1 is 0.309 bits per heavy atom. The predicted octanol–water partition coefficient (Wildman–Crippen LogP) is 26.6. The number of hydrogen-bond donors (Lipinski definition) is 0. The van der Waals surface area contributed by atoms with Crippen LogP contribution in [0, 0.1) is 0 Å². The first-order valence-corrected chi connectivity index (χ1v) is 41.5. The lowest BCUT2D eigenvalue weighted by atomic mass is 9.79. The first-order chi connectivity index (χ1) is 53.1. The van der Waals surface area contributed by atoms with Gasteiger partial charge in [-0.2, -0.15) is 0 Å². The summed E-state index contributed by atoms with van der Waals surface area (Å²) in [4.78, 5) is 4.99. The SMILES string of the molecule is CCCCCCc1cc(-n2c3ccc(-c4ccccc4)cc3c3cc4c(cc32)-c2ccc(N(c3ccc(B5OC(C)(C)C(C)(C)O5)cc3)c3ccc(-c5ccc(CCCC)cc5)cc3)cc2C4(C)C)c(CCCCCC)cc1N(c1ccc(B2OC(C)(C)C(C)(C)O2)cc1)c1ccc(-c2ccc(CCCC)cc2)cc1. The Bertz CT molecular complexity index is 5180. The second kappa shape index (κ2) is 31.5. The minimum absolute atomic E-state index is 0.361. The van der Waals surface area contributed by atoms with E-state index < -0.39 is 36.6 Å². The van der Waals surface area contributed by atoms with Gasteiger partial charge in [0.25, 0.3) is 0 Å². The number of aryl methyl sites for hydroxylation is 4. The Balaban J connectivity index is 0.893. The molecule has 3 heterocycles. The standard InChI is InChI=1S/C101H113B2N3O4/c1-15-19-23-26-34-78-66-95(79(35-27-24-20-16-2)65-94(78)105(85-59-51-81(52-60-85)103-109-100(11,12)101(13,14)110-103)84-55-46-76(47-56-84)74-42-38-71(39-43-74)31-22-18-4)106-93-63-48-77(72-32-28-25-29-33-72)64-89(93)90-68-92-88(69-96(90)106)87-62-61-86(67-91(87)97(92,5)6)104(83-57-49-80(50-58-83)102-107-98(7,8)99(9,10)108-102)82-53-44-75(45-54-82)73-40-36-70(37-41-73)30-21-17-3/h25,28-29,32-33,36-69H,15-24,26-27,30-31,34-35H2,1-14H3. The minimum Gasteiger partial charge on any atom is -0.399 e. The van der Waals surface area contributed by atoms with Gasteiger partial charge in [0.15, 0.2) is 0 Å². The maximum absolute atomic E-state index is 6.69. The molecule has 562 valence electrons. The number of rotatable bonds is 28. The molecule has 0 amide bonds. The van der Waals surface area contributed by atoms with Crippen LogP contribution < -0.4 is 20.7 Å². The second-order valence-corrected chi connectivity index (χ2v) is 34.2. The molecule has 7 nitrogen and oxygen atoms in total. The van der Waals surface area contributed by atoms with Crippen LogP contribution in [0.3, 0.4) is 0 Å². The summed E-state index contributed by atoms with van der Waals surface area (Å²) in [5.41, 5.74) is 28.2. The third kappa shape index (κ3) is 15.0. The third-order valence-electron chi connectivity index (χ3n) is 25.1. The molecule has 12 aromatic rings.